The fraction of sp³-hybridized carbons (Fsp3) is 0.269. The van der Waals surface area contributed by atoms with E-state index in [0.717, 1.165) is 12.1 Å². The molecule has 0 saturated carbocycles. The summed E-state index contributed by atoms with van der Waals surface area (Å²) in [6.45, 7) is 0.444. The molecule has 0 amide bonds. The number of nitrogens with zero attached hydrogens (tertiary/aromatic N) is 1. The zero-order chi connectivity index (χ0) is 25.7. The van der Waals surface area contributed by atoms with Crippen LogP contribution >= 0.6 is 0 Å². The van der Waals surface area contributed by atoms with Crippen molar-refractivity contribution >= 4 is 11.7 Å². The summed E-state index contributed by atoms with van der Waals surface area (Å²) in [6.07, 6.45) is -0.596. The standard InChI is InChI=1S/C26H23F2NO7/c1-33-20-7-9-21(10-8-20)35-15-18-12-13-34-26(24(18)17-4-11-22(27)23(28)14-17)36-25(30)16-2-5-19(6-3-16)29(31)32/h2-11,14,18,24,26H,12-13,15H2,1H3/t18-,24-,26?/m0/s1. The van der Waals surface area contributed by atoms with E-state index in [1.165, 1.54) is 30.3 Å². The average Bonchev–Trinajstić information content (AvgIpc) is 2.89. The minimum atomic E-state index is -1.12. The van der Waals surface area contributed by atoms with Gasteiger partial charge in [0.15, 0.2) is 11.6 Å². The lowest BCUT2D eigenvalue weighted by atomic mass is 9.82. The number of rotatable bonds is 8. The van der Waals surface area contributed by atoms with Crippen molar-refractivity contribution in [3.63, 3.8) is 0 Å². The molecule has 10 heteroatoms. The van der Waals surface area contributed by atoms with Crippen molar-refractivity contribution < 1.29 is 37.4 Å². The van der Waals surface area contributed by atoms with Gasteiger partial charge in [-0.15, -0.1) is 0 Å². The molecule has 3 atom stereocenters. The van der Waals surface area contributed by atoms with Crippen molar-refractivity contribution in [2.24, 2.45) is 5.92 Å². The van der Waals surface area contributed by atoms with Gasteiger partial charge in [0.2, 0.25) is 6.29 Å². The SMILES string of the molecule is COc1ccc(OC[C@@H]2CCOC(OC(=O)c3ccc([N+](=O)[O-])cc3)[C@H]2c2ccc(F)c(F)c2)cc1. The van der Waals surface area contributed by atoms with Crippen LogP contribution in [0.15, 0.2) is 66.7 Å². The number of methoxy groups -OCH3 is 1. The van der Waals surface area contributed by atoms with Gasteiger partial charge < -0.3 is 18.9 Å². The molecule has 3 aromatic rings. The highest BCUT2D eigenvalue weighted by Gasteiger charge is 2.39. The van der Waals surface area contributed by atoms with Gasteiger partial charge in [-0.2, -0.15) is 0 Å². The lowest BCUT2D eigenvalue weighted by Crippen LogP contribution is -2.40. The van der Waals surface area contributed by atoms with Gasteiger partial charge in [0.1, 0.15) is 11.5 Å². The van der Waals surface area contributed by atoms with E-state index in [1.807, 2.05) is 0 Å². The van der Waals surface area contributed by atoms with Crippen molar-refractivity contribution in [3.8, 4) is 11.5 Å². The molecule has 36 heavy (non-hydrogen) atoms. The summed E-state index contributed by atoms with van der Waals surface area (Å²) in [5.74, 6) is -2.46. The summed E-state index contributed by atoms with van der Waals surface area (Å²) < 4.78 is 50.2. The number of ether oxygens (including phenoxy) is 4. The van der Waals surface area contributed by atoms with Crippen LogP contribution in [-0.4, -0.2) is 37.5 Å². The highest BCUT2D eigenvalue weighted by molar-refractivity contribution is 5.89. The summed E-state index contributed by atoms with van der Waals surface area (Å²) in [4.78, 5) is 23.1. The van der Waals surface area contributed by atoms with Gasteiger partial charge in [0.05, 0.1) is 36.7 Å². The first-order valence-electron chi connectivity index (χ1n) is 11.1. The highest BCUT2D eigenvalue weighted by atomic mass is 19.2. The Morgan fingerprint density at radius 3 is 2.36 bits per heavy atom. The topological polar surface area (TPSA) is 97.1 Å². The van der Waals surface area contributed by atoms with E-state index >= 15 is 0 Å². The zero-order valence-electron chi connectivity index (χ0n) is 19.3. The molecule has 0 N–H and O–H groups in total. The van der Waals surface area contributed by atoms with Gasteiger partial charge in [0.25, 0.3) is 5.69 Å². The van der Waals surface area contributed by atoms with Crippen molar-refractivity contribution in [1.29, 1.82) is 0 Å². The molecule has 1 fully saturated rings. The second-order valence-electron chi connectivity index (χ2n) is 8.18. The molecule has 4 rings (SSSR count). The van der Waals surface area contributed by atoms with E-state index in [0.29, 0.717) is 23.5 Å². The molecule has 0 aliphatic carbocycles. The Hall–Kier alpha value is -4.05. The number of nitro groups is 1. The molecule has 3 aromatic carbocycles. The van der Waals surface area contributed by atoms with Crippen LogP contribution < -0.4 is 9.47 Å². The number of carbonyl (C=O) groups excluding carboxylic acids is 1. The number of benzene rings is 3. The van der Waals surface area contributed by atoms with E-state index in [2.05, 4.69) is 0 Å². The van der Waals surface area contributed by atoms with E-state index in [9.17, 15) is 23.7 Å². The van der Waals surface area contributed by atoms with Crippen LogP contribution in [-0.2, 0) is 9.47 Å². The van der Waals surface area contributed by atoms with Gasteiger partial charge in [-0.3, -0.25) is 10.1 Å². The Balaban J connectivity index is 1.56. The Bertz CT molecular complexity index is 1220. The van der Waals surface area contributed by atoms with E-state index in [4.69, 9.17) is 18.9 Å². The van der Waals surface area contributed by atoms with Crippen LogP contribution in [0.25, 0.3) is 0 Å². The Morgan fingerprint density at radius 2 is 1.72 bits per heavy atom. The predicted octanol–water partition coefficient (Wildman–Crippen LogP) is 5.26. The Kier molecular flexibility index (Phi) is 7.74. The van der Waals surface area contributed by atoms with Crippen LogP contribution in [0.2, 0.25) is 0 Å². The number of non-ortho nitro benzene ring substituents is 1. The molecule has 1 saturated heterocycles. The molecule has 0 bridgehead atoms. The zero-order valence-corrected chi connectivity index (χ0v) is 19.3. The Labute approximate surface area is 205 Å². The molecule has 1 heterocycles. The fourth-order valence-electron chi connectivity index (χ4n) is 4.05. The van der Waals surface area contributed by atoms with Crippen LogP contribution in [0, 0.1) is 27.7 Å². The molecule has 0 radical (unpaired) electrons. The molecule has 188 valence electrons. The normalized spacial score (nSPS) is 19.4. The van der Waals surface area contributed by atoms with Gasteiger partial charge in [-0.25, -0.2) is 13.6 Å². The lowest BCUT2D eigenvalue weighted by molar-refractivity contribution is -0.384. The van der Waals surface area contributed by atoms with E-state index in [-0.39, 0.29) is 30.4 Å². The number of esters is 1. The molecular weight excluding hydrogens is 476 g/mol. The first kappa shape index (κ1) is 25.1. The summed E-state index contributed by atoms with van der Waals surface area (Å²) in [5, 5.41) is 10.9. The quantitative estimate of drug-likeness (QED) is 0.237. The molecule has 0 aromatic heterocycles. The maximum Gasteiger partial charge on any atom is 0.340 e. The number of nitro benzene ring substituents is 1. The number of hydrogen-bond donors (Lipinski definition) is 0. The van der Waals surface area contributed by atoms with Gasteiger partial charge in [-0.05, 0) is 60.5 Å². The first-order valence-corrected chi connectivity index (χ1v) is 11.1. The number of carbonyl (C=O) groups is 1. The Morgan fingerprint density at radius 1 is 1.03 bits per heavy atom. The van der Waals surface area contributed by atoms with Crippen LogP contribution in [0.3, 0.4) is 0 Å². The molecule has 1 aliphatic rings. The molecule has 0 spiro atoms. The third kappa shape index (κ3) is 5.77. The van der Waals surface area contributed by atoms with E-state index in [1.54, 1.807) is 31.4 Å². The number of halogens is 2. The summed E-state index contributed by atoms with van der Waals surface area (Å²) in [5.41, 5.74) is 0.305. The summed E-state index contributed by atoms with van der Waals surface area (Å²) >= 11 is 0. The third-order valence-electron chi connectivity index (χ3n) is 5.96. The van der Waals surface area contributed by atoms with E-state index < -0.39 is 34.7 Å². The van der Waals surface area contributed by atoms with Crippen LogP contribution in [0.4, 0.5) is 14.5 Å². The van der Waals surface area contributed by atoms with Gasteiger partial charge in [0, 0.05) is 18.1 Å². The van der Waals surface area contributed by atoms with Crippen molar-refractivity contribution in [1.82, 2.24) is 0 Å². The highest BCUT2D eigenvalue weighted by Crippen LogP contribution is 2.38. The molecule has 1 unspecified atom stereocenters. The molecule has 8 nitrogen and oxygen atoms in total. The summed E-state index contributed by atoms with van der Waals surface area (Å²) in [7, 11) is 1.56. The maximum absolute atomic E-state index is 14.1. The van der Waals surface area contributed by atoms with Gasteiger partial charge in [-0.1, -0.05) is 6.07 Å². The van der Waals surface area contributed by atoms with Crippen LogP contribution in [0.1, 0.15) is 28.3 Å². The summed E-state index contributed by atoms with van der Waals surface area (Å²) in [6, 6.07) is 15.4. The van der Waals surface area contributed by atoms with Crippen molar-refractivity contribution in [2.75, 3.05) is 20.3 Å². The maximum atomic E-state index is 14.1. The monoisotopic (exact) mass is 499 g/mol. The van der Waals surface area contributed by atoms with Crippen LogP contribution in [0.5, 0.6) is 11.5 Å². The largest absolute Gasteiger partial charge is 0.497 e. The average molecular weight is 499 g/mol. The first-order chi connectivity index (χ1) is 17.4. The smallest absolute Gasteiger partial charge is 0.340 e. The van der Waals surface area contributed by atoms with Crippen molar-refractivity contribution in [3.05, 3.63) is 99.6 Å². The third-order valence-corrected chi connectivity index (χ3v) is 5.96. The molecule has 1 aliphatic heterocycles. The minimum absolute atomic E-state index is 0.0878. The fourth-order valence-corrected chi connectivity index (χ4v) is 4.05. The second kappa shape index (κ2) is 11.1. The minimum Gasteiger partial charge on any atom is -0.497 e. The lowest BCUT2D eigenvalue weighted by Gasteiger charge is -2.37. The van der Waals surface area contributed by atoms with Crippen molar-refractivity contribution in [2.45, 2.75) is 18.6 Å². The number of hydrogen-bond acceptors (Lipinski definition) is 7. The predicted molar refractivity (Wildman–Crippen MR) is 124 cm³/mol. The second-order valence-corrected chi connectivity index (χ2v) is 8.18. The molecular formula is C26H23F2NO7. The van der Waals surface area contributed by atoms with Gasteiger partial charge >= 0.3 is 5.97 Å².